The minimum atomic E-state index is -0.373. The quantitative estimate of drug-likeness (QED) is 0.805. The summed E-state index contributed by atoms with van der Waals surface area (Å²) in [5.41, 5.74) is 0.255. The minimum absolute atomic E-state index is 0.0702. The van der Waals surface area contributed by atoms with Crippen LogP contribution in [0, 0.1) is 0 Å². The van der Waals surface area contributed by atoms with Crippen molar-refractivity contribution in [3.05, 3.63) is 57.1 Å². The summed E-state index contributed by atoms with van der Waals surface area (Å²) in [6.07, 6.45) is 1.48. The molecule has 0 radical (unpaired) electrons. The van der Waals surface area contributed by atoms with Gasteiger partial charge in [0.2, 0.25) is 0 Å². The Balaban J connectivity index is 2.37. The summed E-state index contributed by atoms with van der Waals surface area (Å²) in [5.74, 6) is -0.277. The molecule has 0 aliphatic rings. The van der Waals surface area contributed by atoms with E-state index in [9.17, 15) is 15.0 Å². The predicted molar refractivity (Wildman–Crippen MR) is 62.6 cm³/mol. The van der Waals surface area contributed by atoms with Crippen LogP contribution in [0.15, 0.2) is 39.7 Å². The zero-order valence-electron chi connectivity index (χ0n) is 8.68. The normalized spacial score (nSPS) is 10.4. The molecule has 0 aliphatic carbocycles. The SMILES string of the molecule is O=c1ccoc(Cc2ccc(Cl)c(O)c2O)c1. The number of phenolic OH excluding ortho intramolecular Hbond substituents is 2. The molecule has 17 heavy (non-hydrogen) atoms. The molecule has 2 aromatic rings. The van der Waals surface area contributed by atoms with Crippen molar-refractivity contribution < 1.29 is 14.6 Å². The molecule has 0 amide bonds. The molecule has 0 spiro atoms. The Kier molecular flexibility index (Phi) is 3.06. The second kappa shape index (κ2) is 4.51. The maximum absolute atomic E-state index is 11.1. The molecular formula is C12H9ClO4. The van der Waals surface area contributed by atoms with E-state index in [4.69, 9.17) is 16.0 Å². The fourth-order valence-electron chi connectivity index (χ4n) is 1.45. The van der Waals surface area contributed by atoms with Gasteiger partial charge in [-0.2, -0.15) is 0 Å². The number of rotatable bonds is 2. The summed E-state index contributed by atoms with van der Waals surface area (Å²) in [7, 11) is 0. The molecular weight excluding hydrogens is 244 g/mol. The second-order valence-electron chi connectivity index (χ2n) is 3.51. The molecule has 0 saturated heterocycles. The highest BCUT2D eigenvalue weighted by atomic mass is 35.5. The van der Waals surface area contributed by atoms with Crippen LogP contribution in [-0.2, 0) is 6.42 Å². The van der Waals surface area contributed by atoms with Crippen LogP contribution in [0.3, 0.4) is 0 Å². The lowest BCUT2D eigenvalue weighted by Gasteiger charge is -2.06. The number of phenols is 2. The van der Waals surface area contributed by atoms with E-state index in [1.807, 2.05) is 0 Å². The zero-order chi connectivity index (χ0) is 12.4. The van der Waals surface area contributed by atoms with Crippen molar-refractivity contribution in [1.29, 1.82) is 0 Å². The Morgan fingerprint density at radius 2 is 1.94 bits per heavy atom. The zero-order valence-corrected chi connectivity index (χ0v) is 9.44. The van der Waals surface area contributed by atoms with E-state index in [0.717, 1.165) is 0 Å². The van der Waals surface area contributed by atoms with Gasteiger partial charge in [0, 0.05) is 24.1 Å². The van der Waals surface area contributed by atoms with Gasteiger partial charge in [-0.25, -0.2) is 0 Å². The van der Waals surface area contributed by atoms with Gasteiger partial charge in [0.1, 0.15) is 5.76 Å². The lowest BCUT2D eigenvalue weighted by atomic mass is 10.1. The number of hydrogen-bond acceptors (Lipinski definition) is 4. The van der Waals surface area contributed by atoms with Gasteiger partial charge in [-0.05, 0) is 6.07 Å². The molecule has 0 saturated carbocycles. The monoisotopic (exact) mass is 252 g/mol. The third-order valence-electron chi connectivity index (χ3n) is 2.31. The van der Waals surface area contributed by atoms with Gasteiger partial charge in [0.05, 0.1) is 11.3 Å². The van der Waals surface area contributed by atoms with Crippen LogP contribution in [0.2, 0.25) is 5.02 Å². The Bertz CT molecular complexity index is 604. The molecule has 88 valence electrons. The van der Waals surface area contributed by atoms with Crippen molar-refractivity contribution in [1.82, 2.24) is 0 Å². The maximum Gasteiger partial charge on any atom is 0.185 e. The lowest BCUT2D eigenvalue weighted by Crippen LogP contribution is -1.99. The van der Waals surface area contributed by atoms with Crippen molar-refractivity contribution in [3.8, 4) is 11.5 Å². The third-order valence-corrected chi connectivity index (χ3v) is 2.61. The molecule has 0 bridgehead atoms. The van der Waals surface area contributed by atoms with Crippen LogP contribution >= 0.6 is 11.6 Å². The Labute approximate surface area is 102 Å². The lowest BCUT2D eigenvalue weighted by molar-refractivity contribution is 0.398. The van der Waals surface area contributed by atoms with Crippen molar-refractivity contribution in [3.63, 3.8) is 0 Å². The topological polar surface area (TPSA) is 70.7 Å². The second-order valence-corrected chi connectivity index (χ2v) is 3.92. The smallest absolute Gasteiger partial charge is 0.185 e. The van der Waals surface area contributed by atoms with Crippen molar-refractivity contribution in [2.75, 3.05) is 0 Å². The van der Waals surface area contributed by atoms with E-state index in [1.165, 1.54) is 24.5 Å². The van der Waals surface area contributed by atoms with E-state index >= 15 is 0 Å². The summed E-state index contributed by atoms with van der Waals surface area (Å²) in [4.78, 5) is 11.1. The van der Waals surface area contributed by atoms with E-state index in [-0.39, 0.29) is 28.4 Å². The molecule has 1 aromatic heterocycles. The summed E-state index contributed by atoms with van der Waals surface area (Å²) in [6, 6.07) is 5.64. The van der Waals surface area contributed by atoms with E-state index in [2.05, 4.69) is 0 Å². The molecule has 2 N–H and O–H groups in total. The Hall–Kier alpha value is -1.94. The van der Waals surface area contributed by atoms with Crippen LogP contribution in [-0.4, -0.2) is 10.2 Å². The molecule has 0 fully saturated rings. The first-order valence-electron chi connectivity index (χ1n) is 4.85. The van der Waals surface area contributed by atoms with Gasteiger partial charge in [-0.3, -0.25) is 4.79 Å². The average Bonchev–Trinajstić information content (AvgIpc) is 2.30. The predicted octanol–water partition coefficient (Wildman–Crippen LogP) is 2.30. The van der Waals surface area contributed by atoms with Gasteiger partial charge in [-0.1, -0.05) is 17.7 Å². The molecule has 0 aliphatic heterocycles. The fourth-order valence-corrected chi connectivity index (χ4v) is 1.60. The fraction of sp³-hybridized carbons (Fsp3) is 0.0833. The van der Waals surface area contributed by atoms with Crippen LogP contribution in [0.25, 0.3) is 0 Å². The molecule has 0 atom stereocenters. The molecule has 5 heteroatoms. The molecule has 1 heterocycles. The van der Waals surface area contributed by atoms with Gasteiger partial charge in [-0.15, -0.1) is 0 Å². The highest BCUT2D eigenvalue weighted by Gasteiger charge is 2.11. The van der Waals surface area contributed by atoms with E-state index in [1.54, 1.807) is 6.07 Å². The Morgan fingerprint density at radius 3 is 2.65 bits per heavy atom. The Morgan fingerprint density at radius 1 is 1.18 bits per heavy atom. The van der Waals surface area contributed by atoms with Gasteiger partial charge in [0.15, 0.2) is 16.9 Å². The standard InChI is InChI=1S/C12H9ClO4/c13-10-2-1-7(11(15)12(10)16)5-9-6-8(14)3-4-17-9/h1-4,6,15-16H,5H2. The molecule has 1 aromatic carbocycles. The highest BCUT2D eigenvalue weighted by Crippen LogP contribution is 2.36. The van der Waals surface area contributed by atoms with E-state index < -0.39 is 0 Å². The highest BCUT2D eigenvalue weighted by molar-refractivity contribution is 6.32. The van der Waals surface area contributed by atoms with Crippen LogP contribution in [0.1, 0.15) is 11.3 Å². The number of hydrogen-bond donors (Lipinski definition) is 2. The van der Waals surface area contributed by atoms with Gasteiger partial charge in [0.25, 0.3) is 0 Å². The van der Waals surface area contributed by atoms with E-state index in [0.29, 0.717) is 11.3 Å². The van der Waals surface area contributed by atoms with Gasteiger partial charge >= 0.3 is 0 Å². The van der Waals surface area contributed by atoms with Crippen molar-refractivity contribution in [2.45, 2.75) is 6.42 Å². The maximum atomic E-state index is 11.1. The summed E-state index contributed by atoms with van der Waals surface area (Å²) >= 11 is 5.63. The van der Waals surface area contributed by atoms with Crippen molar-refractivity contribution >= 4 is 11.6 Å². The first kappa shape index (κ1) is 11.5. The number of aromatic hydroxyl groups is 2. The van der Waals surface area contributed by atoms with Crippen molar-refractivity contribution in [2.24, 2.45) is 0 Å². The summed E-state index contributed by atoms with van der Waals surface area (Å²) in [5, 5.41) is 19.2. The largest absolute Gasteiger partial charge is 0.504 e. The van der Waals surface area contributed by atoms with Crippen LogP contribution in [0.4, 0.5) is 0 Å². The van der Waals surface area contributed by atoms with Crippen LogP contribution in [0.5, 0.6) is 11.5 Å². The first-order chi connectivity index (χ1) is 8.08. The summed E-state index contributed by atoms with van der Waals surface area (Å²) in [6.45, 7) is 0. The molecule has 0 unspecified atom stereocenters. The average molecular weight is 253 g/mol. The minimum Gasteiger partial charge on any atom is -0.504 e. The van der Waals surface area contributed by atoms with Gasteiger partial charge < -0.3 is 14.6 Å². The summed E-state index contributed by atoms with van der Waals surface area (Å²) < 4.78 is 5.11. The number of benzene rings is 1. The van der Waals surface area contributed by atoms with Crippen LogP contribution < -0.4 is 5.43 Å². The number of halogens is 1. The molecule has 4 nitrogen and oxygen atoms in total. The molecule has 2 rings (SSSR count). The third kappa shape index (κ3) is 2.42. The first-order valence-corrected chi connectivity index (χ1v) is 5.23.